The third kappa shape index (κ3) is 4.45. The quantitative estimate of drug-likeness (QED) is 0.570. The van der Waals surface area contributed by atoms with Gasteiger partial charge in [-0.1, -0.05) is 6.08 Å². The van der Waals surface area contributed by atoms with Crippen molar-refractivity contribution in [1.82, 2.24) is 4.72 Å². The molecule has 0 unspecified atom stereocenters. The molecular weight excluding hydrogens is 314 g/mol. The number of benzene rings is 1. The third-order valence-electron chi connectivity index (χ3n) is 2.57. The molecule has 122 valence electrons. The van der Waals surface area contributed by atoms with Crippen molar-refractivity contribution in [3.8, 4) is 11.5 Å². The van der Waals surface area contributed by atoms with Gasteiger partial charge in [-0.3, -0.25) is 0 Å². The van der Waals surface area contributed by atoms with Crippen LogP contribution in [0.2, 0.25) is 0 Å². The molecule has 0 radical (unpaired) electrons. The van der Waals surface area contributed by atoms with E-state index in [0.29, 0.717) is 0 Å². The molecule has 0 aliphatic heterocycles. The summed E-state index contributed by atoms with van der Waals surface area (Å²) in [5, 5.41) is 19.2. The van der Waals surface area contributed by atoms with Crippen LogP contribution in [0.3, 0.4) is 0 Å². The Balaban J connectivity index is 3.45. The molecule has 2 N–H and O–H groups in total. The fourth-order valence-corrected chi connectivity index (χ4v) is 2.90. The van der Waals surface area contributed by atoms with Gasteiger partial charge in [0, 0.05) is 6.54 Å². The Labute approximate surface area is 128 Å². The molecular formula is C13H16NO7S-. The summed E-state index contributed by atoms with van der Waals surface area (Å²) < 4.78 is 36.7. The molecule has 1 rings (SSSR count). The summed E-state index contributed by atoms with van der Waals surface area (Å²) in [6.45, 7) is -0.546. The Morgan fingerprint density at radius 3 is 2.55 bits per heavy atom. The summed E-state index contributed by atoms with van der Waals surface area (Å²) in [7, 11) is -1.37. The van der Waals surface area contributed by atoms with E-state index in [1.54, 1.807) is 0 Å². The number of carbonyl (C=O) groups is 1. The van der Waals surface area contributed by atoms with Crippen LogP contribution >= 0.6 is 0 Å². The molecule has 0 saturated heterocycles. The first-order valence-corrected chi connectivity index (χ1v) is 7.59. The number of carboxylic acid groups (broad SMARTS) is 1. The first kappa shape index (κ1) is 18.0. The fraction of sp³-hybridized carbons (Fsp3) is 0.308. The molecule has 0 aliphatic rings. The van der Waals surface area contributed by atoms with Crippen molar-refractivity contribution < 1.29 is 32.9 Å². The lowest BCUT2D eigenvalue weighted by Gasteiger charge is -2.14. The van der Waals surface area contributed by atoms with Gasteiger partial charge in [-0.25, -0.2) is 13.1 Å². The van der Waals surface area contributed by atoms with Gasteiger partial charge in [-0.2, -0.15) is 0 Å². The molecule has 0 atom stereocenters. The molecule has 22 heavy (non-hydrogen) atoms. The van der Waals surface area contributed by atoms with E-state index < -0.39 is 16.0 Å². The number of sulfonamides is 1. The minimum atomic E-state index is -3.97. The highest BCUT2D eigenvalue weighted by molar-refractivity contribution is 7.89. The lowest BCUT2D eigenvalue weighted by atomic mass is 10.2. The van der Waals surface area contributed by atoms with E-state index in [9.17, 15) is 18.3 Å². The first-order chi connectivity index (χ1) is 10.4. The third-order valence-corrected chi connectivity index (χ3v) is 4.04. The molecule has 1 aromatic rings. The molecule has 0 aromatic heterocycles. The van der Waals surface area contributed by atoms with Crippen LogP contribution in [-0.4, -0.2) is 46.9 Å². The summed E-state index contributed by atoms with van der Waals surface area (Å²) in [5.41, 5.74) is 0.270. The molecule has 0 aliphatic carbocycles. The number of hydrogen-bond donors (Lipinski definition) is 2. The van der Waals surface area contributed by atoms with Crippen molar-refractivity contribution in [2.75, 3.05) is 27.4 Å². The van der Waals surface area contributed by atoms with E-state index in [2.05, 4.69) is 4.72 Å². The molecule has 8 nitrogen and oxygen atoms in total. The predicted octanol–water partition coefficient (Wildman–Crippen LogP) is -1.26. The van der Waals surface area contributed by atoms with E-state index in [-0.39, 0.29) is 35.1 Å². The van der Waals surface area contributed by atoms with Crippen LogP contribution in [0.25, 0.3) is 6.08 Å². The van der Waals surface area contributed by atoms with E-state index >= 15 is 0 Å². The maximum atomic E-state index is 12.2. The van der Waals surface area contributed by atoms with Gasteiger partial charge in [0.2, 0.25) is 10.0 Å². The monoisotopic (exact) mass is 330 g/mol. The van der Waals surface area contributed by atoms with Crippen LogP contribution < -0.4 is 19.3 Å². The van der Waals surface area contributed by atoms with Crippen molar-refractivity contribution in [1.29, 1.82) is 0 Å². The molecule has 9 heteroatoms. The zero-order valence-electron chi connectivity index (χ0n) is 12.0. The molecule has 0 amide bonds. The Hall–Kier alpha value is -2.10. The SMILES string of the molecule is COc1cc(/C=C\C(=O)[O-])cc(S(=O)(=O)NCCO)c1OC. The van der Waals surface area contributed by atoms with Gasteiger partial charge < -0.3 is 24.5 Å². The highest BCUT2D eigenvalue weighted by atomic mass is 32.2. The van der Waals surface area contributed by atoms with Crippen LogP contribution in [0.5, 0.6) is 11.5 Å². The highest BCUT2D eigenvalue weighted by Gasteiger charge is 2.23. The number of methoxy groups -OCH3 is 2. The van der Waals surface area contributed by atoms with Crippen LogP contribution in [0.15, 0.2) is 23.1 Å². The Kier molecular flexibility index (Phi) is 6.35. The van der Waals surface area contributed by atoms with E-state index in [1.807, 2.05) is 0 Å². The average Bonchev–Trinajstić information content (AvgIpc) is 2.49. The van der Waals surface area contributed by atoms with Gasteiger partial charge in [0.15, 0.2) is 11.5 Å². The van der Waals surface area contributed by atoms with E-state index in [1.165, 1.54) is 32.4 Å². The van der Waals surface area contributed by atoms with Gasteiger partial charge in [0.25, 0.3) is 0 Å². The number of aliphatic carboxylic acids is 1. The predicted molar refractivity (Wildman–Crippen MR) is 75.9 cm³/mol. The van der Waals surface area contributed by atoms with E-state index in [0.717, 1.165) is 6.08 Å². The number of nitrogens with one attached hydrogen (secondary N) is 1. The smallest absolute Gasteiger partial charge is 0.244 e. The van der Waals surface area contributed by atoms with Crippen molar-refractivity contribution >= 4 is 22.1 Å². The Morgan fingerprint density at radius 1 is 1.36 bits per heavy atom. The number of aliphatic hydroxyl groups is 1. The summed E-state index contributed by atoms with van der Waals surface area (Å²) >= 11 is 0. The van der Waals surface area contributed by atoms with Gasteiger partial charge in [0.05, 0.1) is 26.8 Å². The summed E-state index contributed by atoms with van der Waals surface area (Å²) in [6, 6.07) is 2.64. The number of rotatable bonds is 8. The number of carbonyl (C=O) groups excluding carboxylic acids is 1. The summed E-state index contributed by atoms with van der Waals surface area (Å²) in [5.74, 6) is -1.33. The van der Waals surface area contributed by atoms with Gasteiger partial charge >= 0.3 is 0 Å². The minimum Gasteiger partial charge on any atom is -0.545 e. The number of ether oxygens (including phenoxy) is 2. The standard InChI is InChI=1S/C13H17NO7S/c1-20-10-7-9(3-4-12(16)17)8-11(13(10)21-2)22(18,19)14-5-6-15/h3-4,7-8,14-15H,5-6H2,1-2H3,(H,16,17)/p-1/b4-3-. The highest BCUT2D eigenvalue weighted by Crippen LogP contribution is 2.35. The van der Waals surface area contributed by atoms with E-state index in [4.69, 9.17) is 14.6 Å². The molecule has 0 saturated carbocycles. The zero-order chi connectivity index (χ0) is 16.8. The number of hydrogen-bond acceptors (Lipinski definition) is 7. The van der Waals surface area contributed by atoms with Crippen LogP contribution in [-0.2, 0) is 14.8 Å². The normalized spacial score (nSPS) is 11.6. The second-order valence-corrected chi connectivity index (χ2v) is 5.76. The second kappa shape index (κ2) is 7.78. The average molecular weight is 330 g/mol. The Bertz CT molecular complexity index is 667. The van der Waals surface area contributed by atoms with Gasteiger partial charge in [0.1, 0.15) is 4.90 Å². The maximum absolute atomic E-state index is 12.2. The van der Waals surface area contributed by atoms with Crippen LogP contribution in [0, 0.1) is 0 Å². The van der Waals surface area contributed by atoms with Gasteiger partial charge in [-0.15, -0.1) is 0 Å². The van der Waals surface area contributed by atoms with Crippen LogP contribution in [0.4, 0.5) is 0 Å². The minimum absolute atomic E-state index is 0.0291. The molecule has 1 aromatic carbocycles. The first-order valence-electron chi connectivity index (χ1n) is 6.11. The fourth-order valence-electron chi connectivity index (χ4n) is 1.67. The lowest BCUT2D eigenvalue weighted by molar-refractivity contribution is -0.297. The lowest BCUT2D eigenvalue weighted by Crippen LogP contribution is -2.27. The summed E-state index contributed by atoms with van der Waals surface area (Å²) in [6.07, 6.45) is 1.93. The van der Waals surface area contributed by atoms with Crippen molar-refractivity contribution in [3.05, 3.63) is 23.8 Å². The number of aliphatic hydroxyl groups excluding tert-OH is 1. The zero-order valence-corrected chi connectivity index (χ0v) is 12.8. The van der Waals surface area contributed by atoms with Crippen LogP contribution in [0.1, 0.15) is 5.56 Å². The molecule has 0 heterocycles. The molecule has 0 spiro atoms. The van der Waals surface area contributed by atoms with Gasteiger partial charge in [-0.05, 0) is 23.8 Å². The van der Waals surface area contributed by atoms with Crippen molar-refractivity contribution in [2.24, 2.45) is 0 Å². The molecule has 0 fully saturated rings. The topological polar surface area (TPSA) is 125 Å². The largest absolute Gasteiger partial charge is 0.545 e. The number of carboxylic acids is 1. The van der Waals surface area contributed by atoms with Crippen molar-refractivity contribution in [3.63, 3.8) is 0 Å². The summed E-state index contributed by atoms with van der Waals surface area (Å²) in [4.78, 5) is 10.2. The second-order valence-electron chi connectivity index (χ2n) is 4.03. The van der Waals surface area contributed by atoms with Crippen molar-refractivity contribution in [2.45, 2.75) is 4.90 Å². The molecule has 0 bridgehead atoms. The maximum Gasteiger partial charge on any atom is 0.244 e. The Morgan fingerprint density at radius 2 is 2.05 bits per heavy atom.